The molecule has 22 nitrogen and oxygen atoms in total. The van der Waals surface area contributed by atoms with Crippen LogP contribution in [-0.4, -0.2) is 130 Å². The van der Waals surface area contributed by atoms with Crippen molar-refractivity contribution in [2.45, 2.75) is 120 Å². The minimum atomic E-state index is -1.66. The summed E-state index contributed by atoms with van der Waals surface area (Å²) in [6.07, 6.45) is 0.0120. The lowest BCUT2D eigenvalue weighted by Gasteiger charge is -2.28. The zero-order chi connectivity index (χ0) is 57.4. The van der Waals surface area contributed by atoms with Gasteiger partial charge in [-0.1, -0.05) is 107 Å². The molecule has 0 spiro atoms. The van der Waals surface area contributed by atoms with Gasteiger partial charge in [-0.05, 0) is 79.6 Å². The molecular weight excluding hydrogens is 1080 g/mol. The molecule has 8 amide bonds. The molecule has 0 fully saturated rings. The summed E-state index contributed by atoms with van der Waals surface area (Å²) in [6.45, 7) is 1.50. The Hall–Kier alpha value is -7.99. The maximum atomic E-state index is 14.9. The smallest absolute Gasteiger partial charge is 0.303 e. The molecule has 422 valence electrons. The Kier molecular flexibility index (Phi) is 24.6. The third-order valence-corrected chi connectivity index (χ3v) is 13.3. The molecule has 4 aromatic carbocycles. The van der Waals surface area contributed by atoms with Gasteiger partial charge in [0.2, 0.25) is 47.3 Å². The van der Waals surface area contributed by atoms with Gasteiger partial charge in [-0.15, -0.1) is 0 Å². The predicted octanol–water partition coefficient (Wildman–Crippen LogP) is 0.803. The molecule has 0 aliphatic heterocycles. The SMILES string of the molecule is C[C@@H](O)[C@H](NC(=O)[C@H](CCCCN)NC(=O)[C@@H](Cc1c[nH]c2ccc(Br)cc12)NC(=O)[C@H](Cc1ccccc1)NC(=O)[C@H](Cc1ccccc1)NC(=O)[C@@H](N)CC(N)=O)C(=O)N[C@@H](Cc1ccccc1)C(=O)NCCCC(=O)O. The van der Waals surface area contributed by atoms with Crippen LogP contribution in [-0.2, 0) is 68.8 Å². The van der Waals surface area contributed by atoms with Crippen molar-refractivity contribution < 1.29 is 53.4 Å². The number of carboxylic acids is 1. The highest BCUT2D eigenvalue weighted by Crippen LogP contribution is 2.24. The number of primary amides is 1. The number of fused-ring (bicyclic) bond motifs is 1. The molecule has 5 aromatic rings. The quantitative estimate of drug-likeness (QED) is 0.0266. The number of amides is 8. The molecular formula is C56H70BrN11O11. The summed E-state index contributed by atoms with van der Waals surface area (Å²) in [5.41, 5.74) is 20.3. The zero-order valence-corrected chi connectivity index (χ0v) is 45.3. The van der Waals surface area contributed by atoms with Crippen molar-refractivity contribution in [3.8, 4) is 0 Å². The summed E-state index contributed by atoms with van der Waals surface area (Å²) in [7, 11) is 0. The number of carbonyl (C=O) groups is 9. The second-order valence-corrected chi connectivity index (χ2v) is 20.1. The van der Waals surface area contributed by atoms with E-state index in [1.165, 1.54) is 6.92 Å². The standard InChI is InChI=1S/C56H70BrN11O11/c1-33(69)49(56(79)67-43(26-34-14-5-2-6-15-34)51(74)61-25-13-21-48(71)72)68-52(75)42(20-11-12-24-58)63-55(78)46(29-37-32-62-41-23-22-38(57)30-39(37)41)66-54(77)45(28-36-18-9-4-10-19-36)65-53(76)44(27-35-16-7-3-8-17-35)64-50(73)40(59)31-47(60)70/h2-10,14-19,22-23,30,32-33,40,42-46,49,62,69H,11-13,20-21,24-29,31,58-59H2,1H3,(H2,60,70)(H,61,74)(H,63,78)(H,64,73)(H,65,76)(H,66,77)(H,67,79)(H,68,75)(H,71,72)/t33-,40+,42+,43+,44+,45+,46-,49+/m1/s1. The molecule has 1 heterocycles. The number of aromatic nitrogens is 1. The number of hydrogen-bond acceptors (Lipinski definition) is 12. The molecule has 79 heavy (non-hydrogen) atoms. The van der Waals surface area contributed by atoms with E-state index in [1.54, 1.807) is 97.2 Å². The van der Waals surface area contributed by atoms with Crippen molar-refractivity contribution in [3.63, 3.8) is 0 Å². The van der Waals surface area contributed by atoms with E-state index in [9.17, 15) is 48.3 Å². The van der Waals surface area contributed by atoms with Crippen LogP contribution in [0.25, 0.3) is 10.9 Å². The second-order valence-electron chi connectivity index (χ2n) is 19.2. The molecule has 8 atom stereocenters. The van der Waals surface area contributed by atoms with E-state index in [0.29, 0.717) is 46.0 Å². The Morgan fingerprint density at radius 1 is 0.582 bits per heavy atom. The first-order valence-corrected chi connectivity index (χ1v) is 26.7. The molecule has 5 rings (SSSR count). The Labute approximate surface area is 465 Å². The van der Waals surface area contributed by atoms with E-state index in [2.05, 4.69) is 58.1 Å². The highest BCUT2D eigenvalue weighted by molar-refractivity contribution is 9.10. The van der Waals surface area contributed by atoms with Gasteiger partial charge in [0.25, 0.3) is 0 Å². The van der Waals surface area contributed by atoms with Crippen molar-refractivity contribution >= 4 is 80.1 Å². The summed E-state index contributed by atoms with van der Waals surface area (Å²) < 4.78 is 0.723. The normalized spacial score (nSPS) is 14.1. The minimum absolute atomic E-state index is 0.0000835. The Bertz CT molecular complexity index is 2860. The number of aliphatic carboxylic acids is 1. The van der Waals surface area contributed by atoms with Crippen molar-refractivity contribution in [2.24, 2.45) is 17.2 Å². The summed E-state index contributed by atoms with van der Waals surface area (Å²) >= 11 is 3.50. The third kappa shape index (κ3) is 20.4. The fourth-order valence-corrected chi connectivity index (χ4v) is 8.95. The molecule has 16 N–H and O–H groups in total. The summed E-state index contributed by atoms with van der Waals surface area (Å²) in [4.78, 5) is 125. The van der Waals surface area contributed by atoms with E-state index in [-0.39, 0.29) is 58.0 Å². The first-order valence-electron chi connectivity index (χ1n) is 25.9. The lowest BCUT2D eigenvalue weighted by Crippen LogP contribution is -2.62. The lowest BCUT2D eigenvalue weighted by molar-refractivity contribution is -0.137. The van der Waals surface area contributed by atoms with Crippen LogP contribution in [0, 0.1) is 0 Å². The molecule has 0 saturated carbocycles. The number of aromatic amines is 1. The van der Waals surface area contributed by atoms with Gasteiger partial charge < -0.3 is 69.6 Å². The molecule has 0 aliphatic rings. The van der Waals surface area contributed by atoms with E-state index in [0.717, 1.165) is 4.47 Å². The second kappa shape index (κ2) is 31.4. The predicted molar refractivity (Wildman–Crippen MR) is 298 cm³/mol. The average molecular weight is 1150 g/mol. The maximum Gasteiger partial charge on any atom is 0.303 e. The monoisotopic (exact) mass is 1150 g/mol. The van der Waals surface area contributed by atoms with Gasteiger partial charge in [0.05, 0.1) is 18.6 Å². The van der Waals surface area contributed by atoms with Crippen LogP contribution in [0.1, 0.15) is 67.7 Å². The van der Waals surface area contributed by atoms with E-state index in [4.69, 9.17) is 22.3 Å². The number of benzene rings is 4. The minimum Gasteiger partial charge on any atom is -0.481 e. The number of rotatable bonds is 32. The van der Waals surface area contributed by atoms with Crippen LogP contribution in [0.2, 0.25) is 0 Å². The Morgan fingerprint density at radius 3 is 1.54 bits per heavy atom. The van der Waals surface area contributed by atoms with Crippen LogP contribution < -0.4 is 54.4 Å². The third-order valence-electron chi connectivity index (χ3n) is 12.8. The number of halogens is 1. The van der Waals surface area contributed by atoms with Crippen molar-refractivity contribution in [1.82, 2.24) is 42.2 Å². The topological polar surface area (TPSA) is 372 Å². The van der Waals surface area contributed by atoms with Crippen molar-refractivity contribution in [1.29, 1.82) is 0 Å². The number of nitrogens with two attached hydrogens (primary N) is 3. The van der Waals surface area contributed by atoms with Gasteiger partial charge >= 0.3 is 5.97 Å². The number of nitrogens with one attached hydrogen (secondary N) is 8. The molecule has 1 aromatic heterocycles. The number of carbonyl (C=O) groups excluding carboxylic acids is 8. The van der Waals surface area contributed by atoms with Crippen molar-refractivity contribution in [3.05, 3.63) is 142 Å². The van der Waals surface area contributed by atoms with Gasteiger partial charge in [0.1, 0.15) is 36.3 Å². The summed E-state index contributed by atoms with van der Waals surface area (Å²) in [5, 5.41) is 39.5. The number of unbranched alkanes of at least 4 members (excludes halogenated alkanes) is 1. The fraction of sp³-hybridized carbons (Fsp3) is 0.375. The summed E-state index contributed by atoms with van der Waals surface area (Å²) in [5.74, 6) is -7.63. The number of aliphatic hydroxyl groups is 1. The maximum absolute atomic E-state index is 14.9. The molecule has 23 heteroatoms. The highest BCUT2D eigenvalue weighted by atomic mass is 79.9. The Morgan fingerprint density at radius 2 is 1.05 bits per heavy atom. The van der Waals surface area contributed by atoms with E-state index in [1.807, 2.05) is 18.2 Å². The molecule has 0 bridgehead atoms. The average Bonchev–Trinajstić information content (AvgIpc) is 3.81. The lowest BCUT2D eigenvalue weighted by atomic mass is 10.00. The van der Waals surface area contributed by atoms with Gasteiger partial charge in [-0.2, -0.15) is 0 Å². The van der Waals surface area contributed by atoms with Gasteiger partial charge in [-0.3, -0.25) is 43.2 Å². The largest absolute Gasteiger partial charge is 0.481 e. The Balaban J connectivity index is 1.45. The number of aliphatic hydroxyl groups excluding tert-OH is 1. The molecule has 0 unspecified atom stereocenters. The van der Waals surface area contributed by atoms with Gasteiger partial charge in [0, 0.05) is 60.2 Å². The van der Waals surface area contributed by atoms with Crippen LogP contribution in [0.4, 0.5) is 0 Å². The molecule has 0 saturated heterocycles. The first kappa shape index (κ1) is 61.9. The van der Waals surface area contributed by atoms with Gasteiger partial charge in [-0.25, -0.2) is 0 Å². The first-order chi connectivity index (χ1) is 37.8. The zero-order valence-electron chi connectivity index (χ0n) is 43.8. The number of carboxylic acid groups (broad SMARTS) is 1. The summed E-state index contributed by atoms with van der Waals surface area (Å²) in [6, 6.07) is 21.9. The highest BCUT2D eigenvalue weighted by Gasteiger charge is 2.36. The van der Waals surface area contributed by atoms with Crippen LogP contribution in [0.15, 0.2) is 120 Å². The molecule has 0 radical (unpaired) electrons. The molecule has 0 aliphatic carbocycles. The van der Waals surface area contributed by atoms with E-state index < -0.39 is 108 Å². The van der Waals surface area contributed by atoms with Crippen molar-refractivity contribution in [2.75, 3.05) is 13.1 Å². The number of H-pyrrole nitrogens is 1. The fourth-order valence-electron chi connectivity index (χ4n) is 8.59. The van der Waals surface area contributed by atoms with Gasteiger partial charge in [0.15, 0.2) is 0 Å². The van der Waals surface area contributed by atoms with Crippen LogP contribution in [0.3, 0.4) is 0 Å². The van der Waals surface area contributed by atoms with Crippen LogP contribution >= 0.6 is 15.9 Å². The van der Waals surface area contributed by atoms with Crippen LogP contribution in [0.5, 0.6) is 0 Å². The number of hydrogen-bond donors (Lipinski definition) is 13. The van der Waals surface area contributed by atoms with E-state index >= 15 is 0 Å².